The van der Waals surface area contributed by atoms with Gasteiger partial charge in [0.2, 0.25) is 5.89 Å². The van der Waals surface area contributed by atoms with Crippen LogP contribution in [0.1, 0.15) is 30.5 Å². The number of hydrogen-bond acceptors (Lipinski definition) is 5. The number of nitrogens with two attached hydrogens (primary N) is 1. The first-order valence-electron chi connectivity index (χ1n) is 5.62. The minimum atomic E-state index is 0.281. The van der Waals surface area contributed by atoms with E-state index in [0.717, 1.165) is 18.7 Å². The standard InChI is InChI=1S/C12H13N3O2/c13-9-2-1-3-10(6-9)16-7-11-14-15-12(17-11)8-4-5-8/h1-3,6,8H,4-5,7,13H2. The Balaban J connectivity index is 1.62. The Bertz CT molecular complexity index is 520. The molecule has 0 aliphatic heterocycles. The highest BCUT2D eigenvalue weighted by atomic mass is 16.5. The van der Waals surface area contributed by atoms with Gasteiger partial charge in [-0.25, -0.2) is 0 Å². The van der Waals surface area contributed by atoms with Gasteiger partial charge in [-0.05, 0) is 25.0 Å². The largest absolute Gasteiger partial charge is 0.484 e. The van der Waals surface area contributed by atoms with Crippen LogP contribution in [-0.4, -0.2) is 10.2 Å². The van der Waals surface area contributed by atoms with Gasteiger partial charge in [0.15, 0.2) is 6.61 Å². The molecule has 88 valence electrons. The van der Waals surface area contributed by atoms with E-state index in [9.17, 15) is 0 Å². The van der Waals surface area contributed by atoms with Crippen LogP contribution in [0.4, 0.5) is 5.69 Å². The Morgan fingerprint density at radius 1 is 1.35 bits per heavy atom. The molecule has 1 aromatic carbocycles. The van der Waals surface area contributed by atoms with Crippen molar-refractivity contribution in [2.45, 2.75) is 25.4 Å². The van der Waals surface area contributed by atoms with Gasteiger partial charge in [-0.1, -0.05) is 6.07 Å². The van der Waals surface area contributed by atoms with Crippen LogP contribution in [0.15, 0.2) is 28.7 Å². The Morgan fingerprint density at radius 2 is 2.24 bits per heavy atom. The van der Waals surface area contributed by atoms with Crippen molar-refractivity contribution in [3.05, 3.63) is 36.0 Å². The maximum Gasteiger partial charge on any atom is 0.253 e. The molecule has 0 spiro atoms. The van der Waals surface area contributed by atoms with Crippen LogP contribution in [-0.2, 0) is 6.61 Å². The lowest BCUT2D eigenvalue weighted by Gasteiger charge is -2.03. The maximum atomic E-state index is 5.65. The molecule has 0 amide bonds. The molecular formula is C12H13N3O2. The minimum absolute atomic E-state index is 0.281. The van der Waals surface area contributed by atoms with Crippen LogP contribution in [0.25, 0.3) is 0 Å². The molecule has 2 N–H and O–H groups in total. The lowest BCUT2D eigenvalue weighted by molar-refractivity contribution is 0.259. The van der Waals surface area contributed by atoms with Gasteiger partial charge in [-0.15, -0.1) is 10.2 Å². The SMILES string of the molecule is Nc1cccc(OCc2nnc(C3CC3)o2)c1. The molecule has 2 aromatic rings. The molecule has 5 heteroatoms. The molecule has 1 fully saturated rings. The van der Waals surface area contributed by atoms with Crippen LogP contribution < -0.4 is 10.5 Å². The molecule has 1 aromatic heterocycles. The number of benzene rings is 1. The second-order valence-corrected chi connectivity index (χ2v) is 4.17. The minimum Gasteiger partial charge on any atom is -0.484 e. The molecule has 1 heterocycles. The Hall–Kier alpha value is -2.04. The molecule has 1 saturated carbocycles. The molecule has 0 bridgehead atoms. The number of hydrogen-bond donors (Lipinski definition) is 1. The van der Waals surface area contributed by atoms with E-state index in [-0.39, 0.29) is 6.61 Å². The summed E-state index contributed by atoms with van der Waals surface area (Å²) < 4.78 is 11.0. The molecular weight excluding hydrogens is 218 g/mol. The normalized spacial score (nSPS) is 14.8. The van der Waals surface area contributed by atoms with Crippen molar-refractivity contribution in [1.29, 1.82) is 0 Å². The van der Waals surface area contributed by atoms with E-state index in [4.69, 9.17) is 14.9 Å². The van der Waals surface area contributed by atoms with Crippen molar-refractivity contribution in [3.8, 4) is 5.75 Å². The van der Waals surface area contributed by atoms with Crippen molar-refractivity contribution in [1.82, 2.24) is 10.2 Å². The molecule has 0 unspecified atom stereocenters. The summed E-state index contributed by atoms with van der Waals surface area (Å²) in [5.74, 6) is 2.42. The summed E-state index contributed by atoms with van der Waals surface area (Å²) in [5.41, 5.74) is 6.32. The number of ether oxygens (including phenoxy) is 1. The third kappa shape index (κ3) is 2.38. The van der Waals surface area contributed by atoms with E-state index in [0.29, 0.717) is 23.2 Å². The first-order valence-corrected chi connectivity index (χ1v) is 5.62. The predicted octanol–water partition coefficient (Wildman–Crippen LogP) is 2.11. The van der Waals surface area contributed by atoms with Gasteiger partial charge < -0.3 is 14.9 Å². The molecule has 3 rings (SSSR count). The first kappa shape index (κ1) is 10.1. The molecule has 17 heavy (non-hydrogen) atoms. The molecule has 0 saturated heterocycles. The van der Waals surface area contributed by atoms with E-state index in [2.05, 4.69) is 10.2 Å². The van der Waals surface area contributed by atoms with Gasteiger partial charge in [-0.3, -0.25) is 0 Å². The third-order valence-corrected chi connectivity index (χ3v) is 2.63. The van der Waals surface area contributed by atoms with Crippen molar-refractivity contribution in [3.63, 3.8) is 0 Å². The van der Waals surface area contributed by atoms with Crippen LogP contribution in [0, 0.1) is 0 Å². The Labute approximate surface area is 98.6 Å². The zero-order chi connectivity index (χ0) is 11.7. The summed E-state index contributed by atoms with van der Waals surface area (Å²) in [6.07, 6.45) is 2.30. The summed E-state index contributed by atoms with van der Waals surface area (Å²) >= 11 is 0. The van der Waals surface area contributed by atoms with E-state index in [1.807, 2.05) is 18.2 Å². The van der Waals surface area contributed by atoms with Gasteiger partial charge in [-0.2, -0.15) is 0 Å². The maximum absolute atomic E-state index is 5.65. The van der Waals surface area contributed by atoms with Crippen molar-refractivity contribution < 1.29 is 9.15 Å². The summed E-state index contributed by atoms with van der Waals surface area (Å²) in [5, 5.41) is 7.93. The molecule has 1 aliphatic rings. The first-order chi connectivity index (χ1) is 8.31. The number of rotatable bonds is 4. The highest BCUT2D eigenvalue weighted by Crippen LogP contribution is 2.39. The smallest absolute Gasteiger partial charge is 0.253 e. The van der Waals surface area contributed by atoms with Crippen molar-refractivity contribution >= 4 is 5.69 Å². The van der Waals surface area contributed by atoms with Crippen molar-refractivity contribution in [2.75, 3.05) is 5.73 Å². The Kier molecular flexibility index (Phi) is 2.44. The van der Waals surface area contributed by atoms with E-state index < -0.39 is 0 Å². The quantitative estimate of drug-likeness (QED) is 0.816. The van der Waals surface area contributed by atoms with E-state index in [1.165, 1.54) is 0 Å². The van der Waals surface area contributed by atoms with Crippen molar-refractivity contribution in [2.24, 2.45) is 0 Å². The molecule has 0 atom stereocenters. The number of nitrogens with zero attached hydrogens (tertiary/aromatic N) is 2. The third-order valence-electron chi connectivity index (χ3n) is 2.63. The topological polar surface area (TPSA) is 74.2 Å². The van der Waals surface area contributed by atoms with Gasteiger partial charge in [0.05, 0.1) is 0 Å². The average Bonchev–Trinajstić information content (AvgIpc) is 3.07. The monoisotopic (exact) mass is 231 g/mol. The van der Waals surface area contributed by atoms with Gasteiger partial charge in [0, 0.05) is 17.7 Å². The van der Waals surface area contributed by atoms with Gasteiger partial charge in [0.1, 0.15) is 5.75 Å². The highest BCUT2D eigenvalue weighted by Gasteiger charge is 2.29. The average molecular weight is 231 g/mol. The molecule has 1 aliphatic carbocycles. The second kappa shape index (κ2) is 4.08. The number of nitrogen functional groups attached to an aromatic ring is 1. The van der Waals surface area contributed by atoms with Crippen LogP contribution >= 0.6 is 0 Å². The Morgan fingerprint density at radius 3 is 3.00 bits per heavy atom. The molecule has 0 radical (unpaired) electrons. The van der Waals surface area contributed by atoms with E-state index >= 15 is 0 Å². The van der Waals surface area contributed by atoms with Crippen LogP contribution in [0.3, 0.4) is 0 Å². The van der Waals surface area contributed by atoms with E-state index in [1.54, 1.807) is 6.07 Å². The summed E-state index contributed by atoms with van der Waals surface area (Å²) in [6, 6.07) is 7.26. The lowest BCUT2D eigenvalue weighted by atomic mass is 10.3. The fourth-order valence-corrected chi connectivity index (χ4v) is 1.57. The second-order valence-electron chi connectivity index (χ2n) is 4.17. The molecule has 5 nitrogen and oxygen atoms in total. The lowest BCUT2D eigenvalue weighted by Crippen LogP contribution is -1.96. The van der Waals surface area contributed by atoms with Gasteiger partial charge >= 0.3 is 0 Å². The predicted molar refractivity (Wildman–Crippen MR) is 61.5 cm³/mol. The van der Waals surface area contributed by atoms with Gasteiger partial charge in [0.25, 0.3) is 5.89 Å². The van der Waals surface area contributed by atoms with Crippen LogP contribution in [0.2, 0.25) is 0 Å². The summed E-state index contributed by atoms with van der Waals surface area (Å²) in [4.78, 5) is 0. The summed E-state index contributed by atoms with van der Waals surface area (Å²) in [6.45, 7) is 0.281. The number of anilines is 1. The zero-order valence-corrected chi connectivity index (χ0v) is 9.30. The summed E-state index contributed by atoms with van der Waals surface area (Å²) in [7, 11) is 0. The zero-order valence-electron chi connectivity index (χ0n) is 9.30. The highest BCUT2D eigenvalue weighted by molar-refractivity contribution is 5.43. The van der Waals surface area contributed by atoms with Crippen LogP contribution in [0.5, 0.6) is 5.75 Å². The number of aromatic nitrogens is 2. The fraction of sp³-hybridized carbons (Fsp3) is 0.333. The fourth-order valence-electron chi connectivity index (χ4n) is 1.57.